The first kappa shape index (κ1) is 5.75. The fourth-order valence-corrected chi connectivity index (χ4v) is 0.595. The summed E-state index contributed by atoms with van der Waals surface area (Å²) in [7, 11) is 0. The summed E-state index contributed by atoms with van der Waals surface area (Å²) in [5, 5.41) is 17.4. The van der Waals surface area contributed by atoms with Crippen LogP contribution in [0.4, 0.5) is 5.69 Å². The zero-order chi connectivity index (χ0) is 6.85. The minimum absolute atomic E-state index is 0.0833. The average molecular weight is 124 g/mol. The van der Waals surface area contributed by atoms with Crippen LogP contribution in [0.15, 0.2) is 18.2 Å². The van der Waals surface area contributed by atoms with E-state index in [-0.39, 0.29) is 17.2 Å². The number of hydrogen-bond acceptors (Lipinski definition) is 2. The maximum Gasteiger partial charge on any atom is 0.345 e. The highest BCUT2D eigenvalue weighted by atomic mass is 16.3. The van der Waals surface area contributed by atoms with E-state index in [1.807, 2.05) is 0 Å². The van der Waals surface area contributed by atoms with Crippen LogP contribution < -0.4 is 5.73 Å². The van der Waals surface area contributed by atoms with Crippen LogP contribution in [-0.4, -0.2) is 10.2 Å². The lowest BCUT2D eigenvalue weighted by Gasteiger charge is -1.88. The highest BCUT2D eigenvalue weighted by molar-refractivity contribution is 5.46. The first-order valence-electron chi connectivity index (χ1n) is 2.43. The lowest BCUT2D eigenvalue weighted by atomic mass is 10.3. The Balaban J connectivity index is 3.17. The maximum atomic E-state index is 8.71. The molecule has 2 radical (unpaired) electrons. The molecule has 0 saturated heterocycles. The molecular formula is C6H6NO2+. The van der Waals surface area contributed by atoms with E-state index >= 15 is 0 Å². The molecule has 0 unspecified atom stereocenters. The molecule has 0 aromatic heterocycles. The third kappa shape index (κ3) is 1.25. The lowest BCUT2D eigenvalue weighted by molar-refractivity contribution is 0.451. The summed E-state index contributed by atoms with van der Waals surface area (Å²) in [6.45, 7) is 0. The standard InChI is InChI=1S/C6H6NO2/c7-4-1-5(8)3-6(9)2-4/h1-3,7-9H/q+1. The average Bonchev–Trinajstić information content (AvgIpc) is 1.59. The predicted octanol–water partition coefficient (Wildman–Crippen LogP) is 1.01. The van der Waals surface area contributed by atoms with Gasteiger partial charge >= 0.3 is 5.75 Å². The normalized spacial score (nSPS) is 9.33. The lowest BCUT2D eigenvalue weighted by Crippen LogP contribution is -1.69. The van der Waals surface area contributed by atoms with Gasteiger partial charge in [0.05, 0.1) is 17.8 Å². The molecule has 0 fully saturated rings. The Kier molecular flexibility index (Phi) is 1.18. The van der Waals surface area contributed by atoms with Crippen molar-refractivity contribution in [1.82, 2.24) is 5.73 Å². The second-order valence-corrected chi connectivity index (χ2v) is 1.74. The van der Waals surface area contributed by atoms with Crippen molar-refractivity contribution < 1.29 is 10.2 Å². The number of hydrogen-bond donors (Lipinski definition) is 1. The van der Waals surface area contributed by atoms with Gasteiger partial charge in [-0.3, -0.25) is 5.11 Å². The molecule has 1 aromatic rings. The second kappa shape index (κ2) is 1.85. The molecule has 0 aliphatic heterocycles. The zero-order valence-electron chi connectivity index (χ0n) is 4.63. The molecule has 1 aromatic carbocycles. The predicted molar refractivity (Wildman–Crippen MR) is 32.5 cm³/mol. The van der Waals surface area contributed by atoms with Crippen LogP contribution in [-0.2, 0) is 0 Å². The minimum atomic E-state index is -0.0833. The minimum Gasteiger partial charge on any atom is -0.508 e. The molecule has 0 aliphatic carbocycles. The van der Waals surface area contributed by atoms with Gasteiger partial charge < -0.3 is 10.8 Å². The number of aromatic hydroxyl groups is 2. The fourth-order valence-electron chi connectivity index (χ4n) is 0.595. The largest absolute Gasteiger partial charge is 0.508 e. The second-order valence-electron chi connectivity index (χ2n) is 1.74. The van der Waals surface area contributed by atoms with Crippen molar-refractivity contribution in [2.75, 3.05) is 0 Å². The van der Waals surface area contributed by atoms with Gasteiger partial charge in [0.2, 0.25) is 0 Å². The van der Waals surface area contributed by atoms with Crippen LogP contribution in [0.5, 0.6) is 11.5 Å². The maximum absolute atomic E-state index is 8.71. The number of benzene rings is 1. The van der Waals surface area contributed by atoms with Gasteiger partial charge in [-0.1, -0.05) is 0 Å². The van der Waals surface area contributed by atoms with Gasteiger partial charge in [-0.2, -0.15) is 0 Å². The zero-order valence-corrected chi connectivity index (χ0v) is 4.63. The third-order valence-electron chi connectivity index (χ3n) is 0.903. The van der Waals surface area contributed by atoms with Crippen LogP contribution in [0.25, 0.3) is 0 Å². The van der Waals surface area contributed by atoms with Crippen LogP contribution in [0.1, 0.15) is 0 Å². The molecule has 0 amide bonds. The highest BCUT2D eigenvalue weighted by Crippen LogP contribution is 2.21. The summed E-state index contributed by atoms with van der Waals surface area (Å²) in [6.07, 6.45) is 0. The van der Waals surface area contributed by atoms with Gasteiger partial charge in [0.15, 0.2) is 0 Å². The van der Waals surface area contributed by atoms with Crippen LogP contribution in [0.3, 0.4) is 0 Å². The Morgan fingerprint density at radius 1 is 1.33 bits per heavy atom. The van der Waals surface area contributed by atoms with E-state index in [1.165, 1.54) is 18.2 Å². The quantitative estimate of drug-likeness (QED) is 0.524. The molecule has 9 heavy (non-hydrogen) atoms. The van der Waals surface area contributed by atoms with Crippen LogP contribution in [0.2, 0.25) is 0 Å². The SMILES string of the molecule is [NH]c1cc(O)cc([OH+])c1. The van der Waals surface area contributed by atoms with Crippen molar-refractivity contribution in [2.24, 2.45) is 0 Å². The molecule has 0 atom stereocenters. The number of phenols is 2. The smallest absolute Gasteiger partial charge is 0.345 e. The molecule has 0 spiro atoms. The van der Waals surface area contributed by atoms with Crippen molar-refractivity contribution in [3.05, 3.63) is 18.2 Å². The molecule has 0 aliphatic rings. The van der Waals surface area contributed by atoms with E-state index in [0.717, 1.165) is 0 Å². The van der Waals surface area contributed by atoms with Crippen molar-refractivity contribution in [2.45, 2.75) is 0 Å². The fraction of sp³-hybridized carbons (Fsp3) is 0. The molecule has 3 nitrogen and oxygen atoms in total. The first-order valence-corrected chi connectivity index (χ1v) is 2.43. The van der Waals surface area contributed by atoms with Crippen molar-refractivity contribution in [3.8, 4) is 11.5 Å². The Hall–Kier alpha value is -1.38. The Morgan fingerprint density at radius 2 is 2.00 bits per heavy atom. The van der Waals surface area contributed by atoms with Gasteiger partial charge in [0.1, 0.15) is 5.75 Å². The topological polar surface area (TPSA) is 65.4 Å². The van der Waals surface area contributed by atoms with E-state index in [0.29, 0.717) is 0 Å². The monoisotopic (exact) mass is 124 g/mol. The number of phenolic OH excluding ortho intramolecular Hbond substituents is 2. The van der Waals surface area contributed by atoms with Crippen LogP contribution >= 0.6 is 0 Å². The van der Waals surface area contributed by atoms with Crippen molar-refractivity contribution in [1.29, 1.82) is 0 Å². The van der Waals surface area contributed by atoms with Crippen molar-refractivity contribution in [3.63, 3.8) is 0 Å². The van der Waals surface area contributed by atoms with E-state index in [2.05, 4.69) is 0 Å². The molecule has 0 heterocycles. The molecular weight excluding hydrogens is 118 g/mol. The Labute approximate surface area is 52.4 Å². The van der Waals surface area contributed by atoms with Crippen LogP contribution in [0, 0.1) is 0 Å². The van der Waals surface area contributed by atoms with Crippen molar-refractivity contribution >= 4 is 5.69 Å². The molecule has 0 saturated carbocycles. The molecule has 46 valence electrons. The Morgan fingerprint density at radius 3 is 2.44 bits per heavy atom. The van der Waals surface area contributed by atoms with Gasteiger partial charge in [0.25, 0.3) is 0 Å². The first-order chi connectivity index (χ1) is 4.18. The van der Waals surface area contributed by atoms with Gasteiger partial charge in [0, 0.05) is 6.07 Å². The van der Waals surface area contributed by atoms with E-state index in [4.69, 9.17) is 15.9 Å². The van der Waals surface area contributed by atoms with Gasteiger partial charge in [-0.25, -0.2) is 0 Å². The van der Waals surface area contributed by atoms with Gasteiger partial charge in [-0.15, -0.1) is 0 Å². The molecule has 1 rings (SSSR count). The number of rotatable bonds is 0. The summed E-state index contributed by atoms with van der Waals surface area (Å²) >= 11 is 0. The molecule has 3 heteroatoms. The van der Waals surface area contributed by atoms with E-state index in [1.54, 1.807) is 0 Å². The summed E-state index contributed by atoms with van der Waals surface area (Å²) in [5.74, 6) is -0.167. The summed E-state index contributed by atoms with van der Waals surface area (Å²) in [5.41, 5.74) is 7.06. The molecule has 0 bridgehead atoms. The van der Waals surface area contributed by atoms with Gasteiger partial charge in [-0.05, 0) is 0 Å². The summed E-state index contributed by atoms with van der Waals surface area (Å²) in [6, 6.07) is 3.68. The third-order valence-corrected chi connectivity index (χ3v) is 0.903. The summed E-state index contributed by atoms with van der Waals surface area (Å²) < 4.78 is 0. The highest BCUT2D eigenvalue weighted by Gasteiger charge is 2.00. The van der Waals surface area contributed by atoms with E-state index < -0.39 is 0 Å². The van der Waals surface area contributed by atoms with E-state index in [9.17, 15) is 0 Å². The number of nitrogens with one attached hydrogen (secondary N) is 1. The molecule has 3 N–H and O–H groups in total. The Bertz CT molecular complexity index is 172. The summed E-state index contributed by atoms with van der Waals surface area (Å²) in [4.78, 5) is 0.